The predicted octanol–water partition coefficient (Wildman–Crippen LogP) is 3.20. The van der Waals surface area contributed by atoms with Gasteiger partial charge in [-0.15, -0.1) is 0 Å². The molecule has 2 aromatic carbocycles. The predicted molar refractivity (Wildman–Crippen MR) is 98.2 cm³/mol. The Morgan fingerprint density at radius 1 is 0.962 bits per heavy atom. The number of nitrogens with zero attached hydrogens (tertiary/aromatic N) is 2. The Morgan fingerprint density at radius 3 is 2.50 bits per heavy atom. The van der Waals surface area contributed by atoms with Gasteiger partial charge < -0.3 is 10.6 Å². The fourth-order valence-corrected chi connectivity index (χ4v) is 2.43. The maximum absolute atomic E-state index is 12.9. The highest BCUT2D eigenvalue weighted by atomic mass is 19.1. The normalized spacial score (nSPS) is 10.3. The third-order valence-electron chi connectivity index (χ3n) is 3.83. The molecule has 0 fully saturated rings. The minimum absolute atomic E-state index is 0.247. The second-order valence-corrected chi connectivity index (χ2v) is 5.76. The third-order valence-corrected chi connectivity index (χ3v) is 3.83. The van der Waals surface area contributed by atoms with Gasteiger partial charge in [0.2, 0.25) is 0 Å². The molecular formula is C20H19FN4O. The molecule has 0 spiro atoms. The molecule has 0 atom stereocenters. The summed E-state index contributed by atoms with van der Waals surface area (Å²) in [6.07, 6.45) is 2.08. The molecule has 6 heteroatoms. The number of carbonyl (C=O) groups is 1. The van der Waals surface area contributed by atoms with Crippen LogP contribution < -0.4 is 10.6 Å². The molecule has 132 valence electrons. The minimum Gasteiger partial charge on any atom is -0.370 e. The number of rotatable bonds is 7. The summed E-state index contributed by atoms with van der Waals surface area (Å²) in [5, 5.41) is 5.99. The van der Waals surface area contributed by atoms with Crippen molar-refractivity contribution in [2.24, 2.45) is 0 Å². The van der Waals surface area contributed by atoms with Gasteiger partial charge in [0.05, 0.1) is 0 Å². The van der Waals surface area contributed by atoms with E-state index in [0.29, 0.717) is 24.6 Å². The zero-order valence-electron chi connectivity index (χ0n) is 14.2. The van der Waals surface area contributed by atoms with Crippen LogP contribution in [0, 0.1) is 5.82 Å². The molecule has 2 N–H and O–H groups in total. The van der Waals surface area contributed by atoms with Gasteiger partial charge in [0.1, 0.15) is 23.7 Å². The number of nitrogens with one attached hydrogen (secondary N) is 2. The lowest BCUT2D eigenvalue weighted by molar-refractivity contribution is 0.0946. The number of amides is 1. The molecule has 0 bridgehead atoms. The van der Waals surface area contributed by atoms with Gasteiger partial charge in [0, 0.05) is 19.2 Å². The maximum atomic E-state index is 12.9. The van der Waals surface area contributed by atoms with Crippen LogP contribution in [0.25, 0.3) is 0 Å². The fraction of sp³-hybridized carbons (Fsp3) is 0.150. The van der Waals surface area contributed by atoms with Crippen molar-refractivity contribution in [1.82, 2.24) is 15.3 Å². The number of carbonyl (C=O) groups excluding carboxylic acids is 1. The first-order valence-corrected chi connectivity index (χ1v) is 8.33. The number of halogens is 1. The molecule has 0 aliphatic rings. The lowest BCUT2D eigenvalue weighted by Gasteiger charge is -2.08. The van der Waals surface area contributed by atoms with E-state index in [4.69, 9.17) is 0 Å². The van der Waals surface area contributed by atoms with E-state index in [2.05, 4.69) is 20.6 Å². The monoisotopic (exact) mass is 350 g/mol. The molecule has 1 heterocycles. The molecular weight excluding hydrogens is 331 g/mol. The van der Waals surface area contributed by atoms with E-state index in [9.17, 15) is 9.18 Å². The highest BCUT2D eigenvalue weighted by Gasteiger charge is 2.08. The highest BCUT2D eigenvalue weighted by molar-refractivity contribution is 5.92. The molecule has 1 aromatic heterocycles. The molecule has 3 rings (SSSR count). The summed E-state index contributed by atoms with van der Waals surface area (Å²) in [6, 6.07) is 17.7. The molecule has 0 unspecified atom stereocenters. The molecule has 0 aliphatic carbocycles. The van der Waals surface area contributed by atoms with Gasteiger partial charge in [-0.2, -0.15) is 0 Å². The summed E-state index contributed by atoms with van der Waals surface area (Å²) >= 11 is 0. The molecule has 0 saturated carbocycles. The lowest BCUT2D eigenvalue weighted by atomic mass is 10.1. The van der Waals surface area contributed by atoms with Gasteiger partial charge in [-0.25, -0.2) is 14.4 Å². The van der Waals surface area contributed by atoms with Crippen LogP contribution in [0.5, 0.6) is 0 Å². The van der Waals surface area contributed by atoms with E-state index in [0.717, 1.165) is 17.5 Å². The third kappa shape index (κ3) is 5.11. The zero-order valence-corrected chi connectivity index (χ0v) is 14.2. The van der Waals surface area contributed by atoms with E-state index in [-0.39, 0.29) is 11.7 Å². The summed E-state index contributed by atoms with van der Waals surface area (Å²) in [6.45, 7) is 1.06. The van der Waals surface area contributed by atoms with Crippen LogP contribution in [-0.4, -0.2) is 22.4 Å². The van der Waals surface area contributed by atoms with E-state index < -0.39 is 0 Å². The number of aromatic nitrogens is 2. The van der Waals surface area contributed by atoms with Gasteiger partial charge in [0.15, 0.2) is 0 Å². The van der Waals surface area contributed by atoms with Gasteiger partial charge in [-0.1, -0.05) is 42.5 Å². The van der Waals surface area contributed by atoms with Gasteiger partial charge in [-0.3, -0.25) is 4.79 Å². The largest absolute Gasteiger partial charge is 0.370 e. The maximum Gasteiger partial charge on any atom is 0.270 e. The van der Waals surface area contributed by atoms with Crippen molar-refractivity contribution in [3.63, 3.8) is 0 Å². The topological polar surface area (TPSA) is 66.9 Å². The molecule has 0 aliphatic heterocycles. The first kappa shape index (κ1) is 17.5. The molecule has 1 amide bonds. The summed E-state index contributed by atoms with van der Waals surface area (Å²) in [5.74, 6) is 0.0773. The van der Waals surface area contributed by atoms with Crippen LogP contribution in [0.3, 0.4) is 0 Å². The van der Waals surface area contributed by atoms with Crippen molar-refractivity contribution in [2.75, 3.05) is 11.9 Å². The Hall–Kier alpha value is -3.28. The number of hydrogen-bond donors (Lipinski definition) is 2. The molecule has 3 aromatic rings. The average molecular weight is 350 g/mol. The van der Waals surface area contributed by atoms with Crippen LogP contribution in [0.1, 0.15) is 21.6 Å². The average Bonchev–Trinajstić information content (AvgIpc) is 2.69. The van der Waals surface area contributed by atoms with E-state index in [1.54, 1.807) is 18.2 Å². The lowest BCUT2D eigenvalue weighted by Crippen LogP contribution is -2.24. The van der Waals surface area contributed by atoms with Crippen molar-refractivity contribution in [3.8, 4) is 0 Å². The van der Waals surface area contributed by atoms with Crippen LogP contribution in [-0.2, 0) is 13.0 Å². The summed E-state index contributed by atoms with van der Waals surface area (Å²) in [7, 11) is 0. The van der Waals surface area contributed by atoms with Crippen molar-refractivity contribution in [3.05, 3.63) is 89.6 Å². The summed E-state index contributed by atoms with van der Waals surface area (Å²) < 4.78 is 12.9. The van der Waals surface area contributed by atoms with E-state index >= 15 is 0 Å². The second kappa shape index (κ2) is 8.71. The van der Waals surface area contributed by atoms with E-state index in [1.807, 2.05) is 30.3 Å². The quantitative estimate of drug-likeness (QED) is 0.687. The number of benzene rings is 2. The summed E-state index contributed by atoms with van der Waals surface area (Å²) in [5.41, 5.74) is 2.35. The Bertz CT molecular complexity index is 853. The van der Waals surface area contributed by atoms with Gasteiger partial charge >= 0.3 is 0 Å². The molecule has 26 heavy (non-hydrogen) atoms. The number of anilines is 1. The Kier molecular flexibility index (Phi) is 5.88. The van der Waals surface area contributed by atoms with Crippen molar-refractivity contribution in [2.45, 2.75) is 13.0 Å². The first-order chi connectivity index (χ1) is 12.7. The first-order valence-electron chi connectivity index (χ1n) is 8.33. The van der Waals surface area contributed by atoms with Crippen LogP contribution in [0.2, 0.25) is 0 Å². The SMILES string of the molecule is O=C(NCc1ccccc1)c1cc(NCCc2ccc(F)cc2)ncn1. The Balaban J connectivity index is 1.52. The minimum atomic E-state index is -0.252. The number of hydrogen-bond acceptors (Lipinski definition) is 4. The Labute approximate surface area is 151 Å². The molecule has 5 nitrogen and oxygen atoms in total. The fourth-order valence-electron chi connectivity index (χ4n) is 2.43. The molecule has 0 saturated heterocycles. The van der Waals surface area contributed by atoms with Crippen molar-refractivity contribution in [1.29, 1.82) is 0 Å². The van der Waals surface area contributed by atoms with Crippen LogP contribution in [0.15, 0.2) is 67.0 Å². The summed E-state index contributed by atoms with van der Waals surface area (Å²) in [4.78, 5) is 20.4. The highest BCUT2D eigenvalue weighted by Crippen LogP contribution is 2.07. The van der Waals surface area contributed by atoms with Crippen molar-refractivity contribution < 1.29 is 9.18 Å². The zero-order chi connectivity index (χ0) is 18.2. The standard InChI is InChI=1S/C20H19FN4O/c21-17-8-6-15(7-9-17)10-11-22-19-12-18(24-14-25-19)20(26)23-13-16-4-2-1-3-5-16/h1-9,12,14H,10-11,13H2,(H,23,26)(H,22,24,25). The van der Waals surface area contributed by atoms with Gasteiger partial charge in [0.25, 0.3) is 5.91 Å². The van der Waals surface area contributed by atoms with Gasteiger partial charge in [-0.05, 0) is 29.7 Å². The smallest absolute Gasteiger partial charge is 0.270 e. The Morgan fingerprint density at radius 2 is 1.73 bits per heavy atom. The van der Waals surface area contributed by atoms with E-state index in [1.165, 1.54) is 18.5 Å². The second-order valence-electron chi connectivity index (χ2n) is 5.76. The van der Waals surface area contributed by atoms with Crippen molar-refractivity contribution >= 4 is 11.7 Å². The van der Waals surface area contributed by atoms with Crippen LogP contribution >= 0.6 is 0 Å². The molecule has 0 radical (unpaired) electrons. The van der Waals surface area contributed by atoms with Crippen LogP contribution in [0.4, 0.5) is 10.2 Å².